The Morgan fingerprint density at radius 1 is 0.889 bits per heavy atom. The Morgan fingerprint density at radius 3 is 1.72 bits per heavy atom. The number of esters is 2. The molecule has 0 aromatic rings. The van der Waals surface area contributed by atoms with E-state index in [1.54, 1.807) is 0 Å². The van der Waals surface area contributed by atoms with Crippen molar-refractivity contribution in [2.75, 3.05) is 27.4 Å². The second kappa shape index (κ2) is 4.85. The van der Waals surface area contributed by atoms with E-state index in [2.05, 4.69) is 0 Å². The molecule has 6 nitrogen and oxygen atoms in total. The fourth-order valence-corrected chi connectivity index (χ4v) is 2.73. The summed E-state index contributed by atoms with van der Waals surface area (Å²) in [6.07, 6.45) is 1.65. The van der Waals surface area contributed by atoms with Gasteiger partial charge in [0.05, 0.1) is 27.4 Å². The largest absolute Gasteiger partial charge is 0.468 e. The number of carbonyl (C=O) groups excluding carboxylic acids is 2. The van der Waals surface area contributed by atoms with E-state index in [0.717, 1.165) is 0 Å². The molecule has 2 rings (SSSR count). The van der Waals surface area contributed by atoms with Crippen LogP contribution in [0.2, 0.25) is 0 Å². The predicted octanol–water partition coefficient (Wildman–Crippen LogP) is 0.636. The molecule has 0 bridgehead atoms. The van der Waals surface area contributed by atoms with Crippen LogP contribution in [0.15, 0.2) is 0 Å². The third-order valence-corrected chi connectivity index (χ3v) is 3.83. The standard InChI is InChI=1S/C12H18O6/c1-15-9(13)11(10(14)16-2)3-5-12(6-4-11)17-7-8-18-12/h3-8H2,1-2H3. The lowest BCUT2D eigenvalue weighted by Crippen LogP contribution is -2.49. The first-order valence-corrected chi connectivity index (χ1v) is 6.03. The minimum Gasteiger partial charge on any atom is -0.468 e. The van der Waals surface area contributed by atoms with Gasteiger partial charge in [-0.25, -0.2) is 0 Å². The molecular weight excluding hydrogens is 240 g/mol. The monoisotopic (exact) mass is 258 g/mol. The molecule has 0 unspecified atom stereocenters. The molecule has 0 atom stereocenters. The number of carbonyl (C=O) groups is 2. The smallest absolute Gasteiger partial charge is 0.323 e. The fourth-order valence-electron chi connectivity index (χ4n) is 2.73. The number of hydrogen-bond acceptors (Lipinski definition) is 6. The van der Waals surface area contributed by atoms with Crippen molar-refractivity contribution in [1.82, 2.24) is 0 Å². The van der Waals surface area contributed by atoms with E-state index in [9.17, 15) is 9.59 Å². The Bertz CT molecular complexity index is 316. The molecule has 0 amide bonds. The van der Waals surface area contributed by atoms with Crippen LogP contribution in [-0.2, 0) is 28.5 Å². The molecule has 0 aromatic carbocycles. The van der Waals surface area contributed by atoms with Crippen LogP contribution >= 0.6 is 0 Å². The van der Waals surface area contributed by atoms with Crippen LogP contribution in [-0.4, -0.2) is 45.2 Å². The zero-order valence-corrected chi connectivity index (χ0v) is 10.7. The van der Waals surface area contributed by atoms with Crippen LogP contribution in [0.4, 0.5) is 0 Å². The quantitative estimate of drug-likeness (QED) is 0.534. The van der Waals surface area contributed by atoms with Gasteiger partial charge in [0.15, 0.2) is 11.2 Å². The highest BCUT2D eigenvalue weighted by Crippen LogP contribution is 2.46. The van der Waals surface area contributed by atoms with Crippen molar-refractivity contribution in [2.45, 2.75) is 31.5 Å². The van der Waals surface area contributed by atoms with E-state index in [1.165, 1.54) is 14.2 Å². The lowest BCUT2D eigenvalue weighted by Gasteiger charge is -2.39. The average Bonchev–Trinajstić information content (AvgIpc) is 2.87. The van der Waals surface area contributed by atoms with Gasteiger partial charge < -0.3 is 18.9 Å². The van der Waals surface area contributed by atoms with Gasteiger partial charge in [0, 0.05) is 12.8 Å². The molecule has 1 saturated carbocycles. The Morgan fingerprint density at radius 2 is 1.33 bits per heavy atom. The molecular formula is C12H18O6. The van der Waals surface area contributed by atoms with E-state index in [4.69, 9.17) is 18.9 Å². The third-order valence-electron chi connectivity index (χ3n) is 3.83. The minimum atomic E-state index is -1.20. The molecule has 2 fully saturated rings. The normalized spacial score (nSPS) is 24.8. The van der Waals surface area contributed by atoms with Crippen molar-refractivity contribution in [2.24, 2.45) is 5.41 Å². The summed E-state index contributed by atoms with van der Waals surface area (Å²) in [5, 5.41) is 0. The first kappa shape index (κ1) is 13.3. The van der Waals surface area contributed by atoms with Crippen molar-refractivity contribution in [3.8, 4) is 0 Å². The van der Waals surface area contributed by atoms with Gasteiger partial charge in [-0.1, -0.05) is 0 Å². The molecule has 0 aromatic heterocycles. The van der Waals surface area contributed by atoms with Crippen molar-refractivity contribution < 1.29 is 28.5 Å². The first-order valence-electron chi connectivity index (χ1n) is 6.03. The van der Waals surface area contributed by atoms with Crippen LogP contribution in [0.3, 0.4) is 0 Å². The van der Waals surface area contributed by atoms with Gasteiger partial charge >= 0.3 is 11.9 Å². The maximum absolute atomic E-state index is 11.9. The van der Waals surface area contributed by atoms with Crippen LogP contribution in [0.5, 0.6) is 0 Å². The molecule has 1 spiro atoms. The van der Waals surface area contributed by atoms with E-state index in [1.807, 2.05) is 0 Å². The molecule has 1 heterocycles. The van der Waals surface area contributed by atoms with Crippen LogP contribution in [0, 0.1) is 5.41 Å². The summed E-state index contributed by atoms with van der Waals surface area (Å²) in [5.41, 5.74) is -1.20. The van der Waals surface area contributed by atoms with Crippen LogP contribution in [0.1, 0.15) is 25.7 Å². The lowest BCUT2D eigenvalue weighted by molar-refractivity contribution is -0.204. The summed E-state index contributed by atoms with van der Waals surface area (Å²) in [7, 11) is 2.56. The van der Waals surface area contributed by atoms with Crippen LogP contribution < -0.4 is 0 Å². The van der Waals surface area contributed by atoms with Crippen LogP contribution in [0.25, 0.3) is 0 Å². The SMILES string of the molecule is COC(=O)C1(C(=O)OC)CCC2(CC1)OCCO2. The molecule has 1 aliphatic carbocycles. The summed E-state index contributed by atoms with van der Waals surface area (Å²) < 4.78 is 20.6. The molecule has 1 saturated heterocycles. The molecule has 6 heteroatoms. The molecule has 2 aliphatic rings. The molecule has 18 heavy (non-hydrogen) atoms. The van der Waals surface area contributed by atoms with Gasteiger partial charge in [-0.2, -0.15) is 0 Å². The number of hydrogen-bond donors (Lipinski definition) is 0. The Labute approximate surface area is 106 Å². The van der Waals surface area contributed by atoms with E-state index >= 15 is 0 Å². The van der Waals surface area contributed by atoms with Gasteiger partial charge in [-0.15, -0.1) is 0 Å². The van der Waals surface area contributed by atoms with Crippen molar-refractivity contribution in [3.63, 3.8) is 0 Å². The second-order valence-corrected chi connectivity index (χ2v) is 4.67. The topological polar surface area (TPSA) is 71.1 Å². The first-order chi connectivity index (χ1) is 8.58. The molecule has 102 valence electrons. The average molecular weight is 258 g/mol. The van der Waals surface area contributed by atoms with Gasteiger partial charge in [-0.05, 0) is 12.8 Å². The van der Waals surface area contributed by atoms with E-state index in [0.29, 0.717) is 38.9 Å². The maximum Gasteiger partial charge on any atom is 0.323 e. The van der Waals surface area contributed by atoms with Gasteiger partial charge in [0.25, 0.3) is 0 Å². The lowest BCUT2D eigenvalue weighted by atomic mass is 9.72. The zero-order chi connectivity index (χ0) is 13.2. The predicted molar refractivity (Wildman–Crippen MR) is 59.6 cm³/mol. The zero-order valence-electron chi connectivity index (χ0n) is 10.7. The van der Waals surface area contributed by atoms with Crippen molar-refractivity contribution in [3.05, 3.63) is 0 Å². The molecule has 1 aliphatic heterocycles. The minimum absolute atomic E-state index is 0.326. The highest BCUT2D eigenvalue weighted by atomic mass is 16.7. The summed E-state index contributed by atoms with van der Waals surface area (Å²) in [6.45, 7) is 1.12. The Balaban J connectivity index is 2.15. The highest BCUT2D eigenvalue weighted by Gasteiger charge is 2.55. The Hall–Kier alpha value is -1.14. The number of methoxy groups -OCH3 is 2. The van der Waals surface area contributed by atoms with Crippen molar-refractivity contribution in [1.29, 1.82) is 0 Å². The number of ether oxygens (including phenoxy) is 4. The summed E-state index contributed by atoms with van der Waals surface area (Å²) in [4.78, 5) is 23.8. The Kier molecular flexibility index (Phi) is 3.59. The fraction of sp³-hybridized carbons (Fsp3) is 0.833. The molecule has 0 radical (unpaired) electrons. The van der Waals surface area contributed by atoms with Gasteiger partial charge in [0.2, 0.25) is 0 Å². The van der Waals surface area contributed by atoms with Gasteiger partial charge in [-0.3, -0.25) is 9.59 Å². The maximum atomic E-state index is 11.9. The van der Waals surface area contributed by atoms with E-state index in [-0.39, 0.29) is 0 Å². The summed E-state index contributed by atoms with van der Waals surface area (Å²) >= 11 is 0. The van der Waals surface area contributed by atoms with E-state index < -0.39 is 23.1 Å². The molecule has 0 N–H and O–H groups in total. The van der Waals surface area contributed by atoms with Crippen molar-refractivity contribution >= 4 is 11.9 Å². The summed E-state index contributed by atoms with van der Waals surface area (Å²) in [6, 6.07) is 0. The second-order valence-electron chi connectivity index (χ2n) is 4.67. The highest BCUT2D eigenvalue weighted by molar-refractivity contribution is 6.00. The van der Waals surface area contributed by atoms with Gasteiger partial charge in [0.1, 0.15) is 0 Å². The third kappa shape index (κ3) is 1.99. The number of rotatable bonds is 2. The summed E-state index contributed by atoms with van der Waals surface area (Å²) in [5.74, 6) is -1.70.